The predicted octanol–water partition coefficient (Wildman–Crippen LogP) is 5.11. The van der Waals surface area contributed by atoms with Crippen LogP contribution in [0.3, 0.4) is 0 Å². The molecule has 2 amide bonds. The molecule has 1 atom stereocenters. The van der Waals surface area contributed by atoms with Gasteiger partial charge in [0.15, 0.2) is 0 Å². The Bertz CT molecular complexity index is 1160. The smallest absolute Gasteiger partial charge is 0.248 e. The fraction of sp³-hybridized carbons (Fsp3) is 0.120. The zero-order chi connectivity index (χ0) is 22.3. The lowest BCUT2D eigenvalue weighted by molar-refractivity contribution is -0.126. The van der Waals surface area contributed by atoms with Crippen molar-refractivity contribution in [1.29, 1.82) is 0 Å². The summed E-state index contributed by atoms with van der Waals surface area (Å²) in [5, 5.41) is 4.70. The van der Waals surface area contributed by atoms with Crippen LogP contribution >= 0.6 is 11.3 Å². The van der Waals surface area contributed by atoms with E-state index in [4.69, 9.17) is 4.42 Å². The summed E-state index contributed by atoms with van der Waals surface area (Å²) in [5.41, 5.74) is 0.628. The quantitative estimate of drug-likeness (QED) is 0.407. The van der Waals surface area contributed by atoms with Crippen molar-refractivity contribution < 1.29 is 18.4 Å². The molecule has 0 bridgehead atoms. The van der Waals surface area contributed by atoms with E-state index in [1.54, 1.807) is 48.5 Å². The molecular formula is C25H21FN2O3S. The lowest BCUT2D eigenvalue weighted by Crippen LogP contribution is -2.44. The van der Waals surface area contributed by atoms with Gasteiger partial charge >= 0.3 is 0 Å². The Kier molecular flexibility index (Phi) is 6.77. The molecular weight excluding hydrogens is 427 g/mol. The molecule has 2 heterocycles. The molecule has 0 aliphatic rings. The summed E-state index contributed by atoms with van der Waals surface area (Å²) < 4.78 is 20.2. The molecule has 2 aromatic carbocycles. The molecule has 5 nitrogen and oxygen atoms in total. The minimum Gasteiger partial charge on any atom is -0.467 e. The molecule has 0 saturated carbocycles. The Morgan fingerprint density at radius 2 is 1.75 bits per heavy atom. The van der Waals surface area contributed by atoms with E-state index in [2.05, 4.69) is 5.32 Å². The van der Waals surface area contributed by atoms with Crippen molar-refractivity contribution in [3.63, 3.8) is 0 Å². The molecule has 0 spiro atoms. The van der Waals surface area contributed by atoms with Crippen molar-refractivity contribution in [2.45, 2.75) is 19.0 Å². The van der Waals surface area contributed by atoms with Gasteiger partial charge in [-0.2, -0.15) is 0 Å². The second kappa shape index (κ2) is 10.1. The van der Waals surface area contributed by atoms with Crippen LogP contribution < -0.4 is 10.2 Å². The molecule has 0 radical (unpaired) electrons. The molecule has 0 unspecified atom stereocenters. The van der Waals surface area contributed by atoms with Gasteiger partial charge < -0.3 is 9.73 Å². The van der Waals surface area contributed by atoms with Crippen LogP contribution in [0.4, 0.5) is 10.1 Å². The number of para-hydroxylation sites is 1. The normalized spacial score (nSPS) is 11.7. The van der Waals surface area contributed by atoms with Gasteiger partial charge in [0.1, 0.15) is 17.6 Å². The molecule has 32 heavy (non-hydrogen) atoms. The summed E-state index contributed by atoms with van der Waals surface area (Å²) in [6.07, 6.45) is 1.58. The fourth-order valence-electron chi connectivity index (χ4n) is 3.45. The maximum Gasteiger partial charge on any atom is 0.248 e. The maximum atomic E-state index is 14.9. The lowest BCUT2D eigenvalue weighted by Gasteiger charge is -2.31. The standard InChI is InChI=1S/C25H21FN2O3S/c26-21-12-4-5-13-22(21)28(23(29)16-20-11-7-15-32-20)24(18-8-2-1-3-9-18)25(30)27-17-19-10-6-14-31-19/h1-15,24H,16-17H2,(H,27,30)/t24-/m1/s1. The topological polar surface area (TPSA) is 62.6 Å². The number of thiophene rings is 1. The number of benzene rings is 2. The Morgan fingerprint density at radius 3 is 2.44 bits per heavy atom. The van der Waals surface area contributed by atoms with Gasteiger partial charge in [0, 0.05) is 4.88 Å². The highest BCUT2D eigenvalue weighted by Crippen LogP contribution is 2.31. The zero-order valence-electron chi connectivity index (χ0n) is 17.1. The number of hydrogen-bond acceptors (Lipinski definition) is 4. The highest BCUT2D eigenvalue weighted by molar-refractivity contribution is 7.10. The van der Waals surface area contributed by atoms with Crippen molar-refractivity contribution in [3.05, 3.63) is 113 Å². The van der Waals surface area contributed by atoms with E-state index in [9.17, 15) is 14.0 Å². The number of furan rings is 1. The first-order valence-corrected chi connectivity index (χ1v) is 11.0. The van der Waals surface area contributed by atoms with Gasteiger partial charge in [-0.05, 0) is 41.3 Å². The van der Waals surface area contributed by atoms with Crippen LogP contribution in [-0.2, 0) is 22.6 Å². The van der Waals surface area contributed by atoms with Gasteiger partial charge in [-0.3, -0.25) is 14.5 Å². The number of amides is 2. The summed E-state index contributed by atoms with van der Waals surface area (Å²) >= 11 is 1.44. The SMILES string of the molecule is O=C(NCc1ccco1)[C@@H](c1ccccc1)N(C(=O)Cc1cccs1)c1ccccc1F. The van der Waals surface area contributed by atoms with Crippen LogP contribution in [0, 0.1) is 5.82 Å². The molecule has 0 aliphatic heterocycles. The Morgan fingerprint density at radius 1 is 0.969 bits per heavy atom. The number of halogens is 1. The third-order valence-corrected chi connectivity index (χ3v) is 5.80. The Labute approximate surface area is 189 Å². The van der Waals surface area contributed by atoms with Crippen molar-refractivity contribution in [2.24, 2.45) is 0 Å². The molecule has 4 aromatic rings. The highest BCUT2D eigenvalue weighted by Gasteiger charge is 2.34. The second-order valence-corrected chi connectivity index (χ2v) is 8.11. The van der Waals surface area contributed by atoms with Crippen molar-refractivity contribution in [3.8, 4) is 0 Å². The van der Waals surface area contributed by atoms with Crippen LogP contribution in [0.2, 0.25) is 0 Å². The van der Waals surface area contributed by atoms with E-state index in [0.717, 1.165) is 4.88 Å². The summed E-state index contributed by atoms with van der Waals surface area (Å²) in [6.45, 7) is 0.152. The average molecular weight is 449 g/mol. The summed E-state index contributed by atoms with van der Waals surface area (Å²) in [6, 6.07) is 21.0. The van der Waals surface area contributed by atoms with Crippen molar-refractivity contribution >= 4 is 28.8 Å². The van der Waals surface area contributed by atoms with E-state index < -0.39 is 17.8 Å². The van der Waals surface area contributed by atoms with Crippen molar-refractivity contribution in [2.75, 3.05) is 4.90 Å². The number of nitrogens with one attached hydrogen (secondary N) is 1. The highest BCUT2D eigenvalue weighted by atomic mass is 32.1. The van der Waals surface area contributed by atoms with E-state index >= 15 is 0 Å². The van der Waals surface area contributed by atoms with E-state index in [1.165, 1.54) is 34.6 Å². The molecule has 0 aliphatic carbocycles. The van der Waals surface area contributed by atoms with Crippen LogP contribution in [0.15, 0.2) is 94.9 Å². The summed E-state index contributed by atoms with van der Waals surface area (Å²) in [7, 11) is 0. The Balaban J connectivity index is 1.74. The van der Waals surface area contributed by atoms with E-state index in [1.807, 2.05) is 23.6 Å². The minimum atomic E-state index is -1.06. The third-order valence-electron chi connectivity index (χ3n) is 4.93. The Hall–Kier alpha value is -3.71. The van der Waals surface area contributed by atoms with E-state index in [-0.39, 0.29) is 24.6 Å². The monoisotopic (exact) mass is 448 g/mol. The molecule has 1 N–H and O–H groups in total. The fourth-order valence-corrected chi connectivity index (χ4v) is 4.14. The number of hydrogen-bond donors (Lipinski definition) is 1. The van der Waals surface area contributed by atoms with Gasteiger partial charge in [-0.15, -0.1) is 11.3 Å². The van der Waals surface area contributed by atoms with Crippen LogP contribution in [0.5, 0.6) is 0 Å². The average Bonchev–Trinajstić information content (AvgIpc) is 3.51. The molecule has 162 valence electrons. The first-order valence-electron chi connectivity index (χ1n) is 10.1. The first kappa shape index (κ1) is 21.5. The van der Waals surface area contributed by atoms with Crippen LogP contribution in [0.1, 0.15) is 22.2 Å². The number of carbonyl (C=O) groups excluding carboxylic acids is 2. The number of nitrogens with zero attached hydrogens (tertiary/aromatic N) is 1. The van der Waals surface area contributed by atoms with Crippen LogP contribution in [0.25, 0.3) is 0 Å². The predicted molar refractivity (Wildman–Crippen MR) is 122 cm³/mol. The van der Waals surface area contributed by atoms with Gasteiger partial charge in [0.2, 0.25) is 11.8 Å². The van der Waals surface area contributed by atoms with Crippen molar-refractivity contribution in [1.82, 2.24) is 5.32 Å². The van der Waals surface area contributed by atoms with Gasteiger partial charge in [0.25, 0.3) is 0 Å². The second-order valence-electron chi connectivity index (χ2n) is 7.08. The largest absolute Gasteiger partial charge is 0.467 e. The van der Waals surface area contributed by atoms with E-state index in [0.29, 0.717) is 11.3 Å². The maximum absolute atomic E-state index is 14.9. The lowest BCUT2D eigenvalue weighted by atomic mass is 10.0. The minimum absolute atomic E-state index is 0.0519. The van der Waals surface area contributed by atoms with Crippen LogP contribution in [-0.4, -0.2) is 11.8 Å². The van der Waals surface area contributed by atoms with Gasteiger partial charge in [-0.25, -0.2) is 4.39 Å². The third kappa shape index (κ3) is 4.95. The van der Waals surface area contributed by atoms with Gasteiger partial charge in [0.05, 0.1) is 24.9 Å². The molecule has 4 rings (SSSR count). The molecule has 2 aromatic heterocycles. The zero-order valence-corrected chi connectivity index (χ0v) is 17.9. The number of anilines is 1. The first-order chi connectivity index (χ1) is 15.6. The molecule has 7 heteroatoms. The summed E-state index contributed by atoms with van der Waals surface area (Å²) in [5.74, 6) is -0.811. The molecule has 0 saturated heterocycles. The summed E-state index contributed by atoms with van der Waals surface area (Å²) in [4.78, 5) is 29.0. The number of rotatable bonds is 8. The molecule has 0 fully saturated rings. The number of carbonyl (C=O) groups is 2. The van der Waals surface area contributed by atoms with Gasteiger partial charge in [-0.1, -0.05) is 48.5 Å².